The van der Waals surface area contributed by atoms with Crippen molar-refractivity contribution in [3.8, 4) is 23.0 Å². The first-order chi connectivity index (χ1) is 23.1. The van der Waals surface area contributed by atoms with Gasteiger partial charge in [0.05, 0.1) is 38.6 Å². The molecular formula is C36H34N2O9S. The van der Waals surface area contributed by atoms with Crippen LogP contribution in [0.25, 0.3) is 5.76 Å². The van der Waals surface area contributed by atoms with Crippen molar-refractivity contribution < 1.29 is 43.2 Å². The van der Waals surface area contributed by atoms with E-state index < -0.39 is 29.5 Å². The first-order valence-electron chi connectivity index (χ1n) is 14.8. The molecule has 12 heteroatoms. The molecule has 248 valence electrons. The summed E-state index contributed by atoms with van der Waals surface area (Å²) in [6.07, 6.45) is 1.43. The second-order valence-corrected chi connectivity index (χ2v) is 11.7. The molecule has 4 aromatic rings. The van der Waals surface area contributed by atoms with E-state index in [1.807, 2.05) is 37.3 Å². The van der Waals surface area contributed by atoms with Crippen LogP contribution in [0.2, 0.25) is 0 Å². The molecule has 0 bridgehead atoms. The van der Waals surface area contributed by atoms with Crippen molar-refractivity contribution in [2.24, 2.45) is 0 Å². The molecule has 0 unspecified atom stereocenters. The Morgan fingerprint density at radius 3 is 2.27 bits per heavy atom. The molecule has 3 aromatic carbocycles. The lowest BCUT2D eigenvalue weighted by Crippen LogP contribution is -2.29. The number of carbonyl (C=O) groups excluding carboxylic acids is 3. The minimum Gasteiger partial charge on any atom is -0.507 e. The number of carbonyl (C=O) groups is 3. The van der Waals surface area contributed by atoms with E-state index in [1.54, 1.807) is 37.3 Å². The third kappa shape index (κ3) is 6.47. The highest BCUT2D eigenvalue weighted by Gasteiger charge is 2.49. The zero-order valence-corrected chi connectivity index (χ0v) is 27.9. The predicted octanol–water partition coefficient (Wildman–Crippen LogP) is 6.33. The molecule has 5 rings (SSSR count). The summed E-state index contributed by atoms with van der Waals surface area (Å²) in [7, 11) is 4.33. The van der Waals surface area contributed by atoms with Crippen molar-refractivity contribution in [3.05, 3.63) is 112 Å². The van der Waals surface area contributed by atoms with Crippen molar-refractivity contribution in [2.45, 2.75) is 26.5 Å². The normalized spacial score (nSPS) is 15.3. The van der Waals surface area contributed by atoms with Gasteiger partial charge in [-0.15, -0.1) is 0 Å². The largest absolute Gasteiger partial charge is 0.507 e. The molecule has 1 amide bonds. The molecule has 1 atom stereocenters. The van der Waals surface area contributed by atoms with Gasteiger partial charge in [0.1, 0.15) is 29.6 Å². The SMILES string of the molecule is C=CCOC(=O)c1sc(N2C(=O)C(=O)/C(=C(/O)c3ccc(OCc4ccccc4)c(C)c3)[C@@H]2c2cc(OC)c(OC)c(OC)c2)nc1C. The van der Waals surface area contributed by atoms with Crippen LogP contribution in [0, 0.1) is 13.8 Å². The summed E-state index contributed by atoms with van der Waals surface area (Å²) >= 11 is 0.890. The van der Waals surface area contributed by atoms with E-state index in [9.17, 15) is 19.5 Å². The van der Waals surface area contributed by atoms with Crippen LogP contribution in [0.1, 0.15) is 43.7 Å². The fourth-order valence-corrected chi connectivity index (χ4v) is 6.32. The number of hydrogen-bond acceptors (Lipinski definition) is 11. The summed E-state index contributed by atoms with van der Waals surface area (Å²) in [5.41, 5.74) is 2.44. The Morgan fingerprint density at radius 1 is 0.979 bits per heavy atom. The van der Waals surface area contributed by atoms with Crippen LogP contribution in [-0.4, -0.2) is 55.7 Å². The van der Waals surface area contributed by atoms with Crippen molar-refractivity contribution in [2.75, 3.05) is 32.8 Å². The predicted molar refractivity (Wildman–Crippen MR) is 180 cm³/mol. The number of aliphatic hydroxyl groups excluding tert-OH is 1. The molecule has 1 aliphatic heterocycles. The molecule has 11 nitrogen and oxygen atoms in total. The van der Waals surface area contributed by atoms with Gasteiger partial charge in [-0.1, -0.05) is 54.3 Å². The Bertz CT molecular complexity index is 1890. The van der Waals surface area contributed by atoms with Gasteiger partial charge in [0.15, 0.2) is 16.6 Å². The second kappa shape index (κ2) is 14.4. The van der Waals surface area contributed by atoms with Gasteiger partial charge in [-0.05, 0) is 60.9 Å². The lowest BCUT2D eigenvalue weighted by molar-refractivity contribution is -0.132. The van der Waals surface area contributed by atoms with Gasteiger partial charge in [0.2, 0.25) is 5.75 Å². The first kappa shape index (κ1) is 33.7. The third-order valence-corrected chi connectivity index (χ3v) is 8.78. The molecule has 1 aromatic heterocycles. The molecule has 48 heavy (non-hydrogen) atoms. The van der Waals surface area contributed by atoms with Gasteiger partial charge in [-0.3, -0.25) is 14.5 Å². The summed E-state index contributed by atoms with van der Waals surface area (Å²) in [6, 6.07) is 16.6. The van der Waals surface area contributed by atoms with E-state index >= 15 is 0 Å². The molecule has 0 radical (unpaired) electrons. The van der Waals surface area contributed by atoms with E-state index in [2.05, 4.69) is 11.6 Å². The summed E-state index contributed by atoms with van der Waals surface area (Å²) in [4.78, 5) is 46.2. The molecule has 0 spiro atoms. The smallest absolute Gasteiger partial charge is 0.350 e. The zero-order chi connectivity index (χ0) is 34.5. The minimum atomic E-state index is -1.20. The maximum atomic E-state index is 13.9. The van der Waals surface area contributed by atoms with Gasteiger partial charge in [-0.25, -0.2) is 9.78 Å². The van der Waals surface area contributed by atoms with Crippen molar-refractivity contribution in [3.63, 3.8) is 0 Å². The standard InChI is InChI=1S/C36H34N2O9S/c1-7-15-46-35(42)33-21(3)37-36(48-33)38-29(24-17-26(43-4)32(45-6)27(18-24)44-5)28(31(40)34(38)41)30(39)23-13-14-25(20(2)16-23)47-19-22-11-9-8-10-12-22/h7-14,16-18,29,39H,1,15,19H2,2-6H3/b30-28+/t29-/m0/s1. The van der Waals surface area contributed by atoms with Gasteiger partial charge in [0.25, 0.3) is 5.78 Å². The highest BCUT2D eigenvalue weighted by molar-refractivity contribution is 7.17. The van der Waals surface area contributed by atoms with Crippen molar-refractivity contribution >= 4 is 39.9 Å². The molecule has 0 saturated carbocycles. The molecule has 1 N–H and O–H groups in total. The van der Waals surface area contributed by atoms with Gasteiger partial charge >= 0.3 is 11.9 Å². The monoisotopic (exact) mass is 670 g/mol. The van der Waals surface area contributed by atoms with Gasteiger partial charge < -0.3 is 28.8 Å². The van der Waals surface area contributed by atoms with Crippen LogP contribution in [0.4, 0.5) is 5.13 Å². The Hall–Kier alpha value is -5.62. The summed E-state index contributed by atoms with van der Waals surface area (Å²) in [5.74, 6) is -1.56. The van der Waals surface area contributed by atoms with Crippen molar-refractivity contribution in [1.29, 1.82) is 0 Å². The summed E-state index contributed by atoms with van der Waals surface area (Å²) in [6.45, 7) is 7.30. The minimum absolute atomic E-state index is 0.0169. The van der Waals surface area contributed by atoms with Crippen LogP contribution in [0.15, 0.2) is 78.9 Å². The fraction of sp³-hybridized carbons (Fsp3) is 0.222. The number of ether oxygens (including phenoxy) is 5. The number of aliphatic hydroxyl groups is 1. The number of esters is 1. The maximum absolute atomic E-state index is 13.9. The number of Topliss-reactive ketones (excluding diaryl/α,β-unsaturated/α-hetero) is 1. The van der Waals surface area contributed by atoms with Crippen LogP contribution < -0.4 is 23.8 Å². The molecule has 1 aliphatic rings. The van der Waals surface area contributed by atoms with Crippen LogP contribution in [0.3, 0.4) is 0 Å². The average molecular weight is 671 g/mol. The number of thiazole rings is 1. The Kier molecular flexibility index (Phi) is 10.1. The van der Waals surface area contributed by atoms with Gasteiger partial charge in [-0.2, -0.15) is 0 Å². The summed E-state index contributed by atoms with van der Waals surface area (Å²) < 4.78 is 27.8. The number of hydrogen-bond donors (Lipinski definition) is 1. The van der Waals surface area contributed by atoms with Crippen LogP contribution in [0.5, 0.6) is 23.0 Å². The van der Waals surface area contributed by atoms with Crippen LogP contribution >= 0.6 is 11.3 Å². The average Bonchev–Trinajstić information content (AvgIpc) is 3.61. The number of aromatic nitrogens is 1. The molecule has 1 saturated heterocycles. The summed E-state index contributed by atoms with van der Waals surface area (Å²) in [5, 5.41) is 11.8. The Labute approximate surface area is 281 Å². The van der Waals surface area contributed by atoms with E-state index in [-0.39, 0.29) is 33.7 Å². The van der Waals surface area contributed by atoms with E-state index in [1.165, 1.54) is 27.4 Å². The molecule has 2 heterocycles. The quantitative estimate of drug-likeness (QED) is 0.0599. The third-order valence-electron chi connectivity index (χ3n) is 7.64. The number of anilines is 1. The van der Waals surface area contributed by atoms with Crippen molar-refractivity contribution in [1.82, 2.24) is 4.98 Å². The van der Waals surface area contributed by atoms with Gasteiger partial charge in [0, 0.05) is 5.56 Å². The Morgan fingerprint density at radius 2 is 1.67 bits per heavy atom. The van der Waals surface area contributed by atoms with E-state index in [0.29, 0.717) is 40.5 Å². The first-order valence-corrected chi connectivity index (χ1v) is 15.6. The molecule has 0 aliphatic carbocycles. The maximum Gasteiger partial charge on any atom is 0.350 e. The Balaban J connectivity index is 1.64. The van der Waals surface area contributed by atoms with E-state index in [4.69, 9.17) is 23.7 Å². The number of benzene rings is 3. The number of rotatable bonds is 12. The highest BCUT2D eigenvalue weighted by Crippen LogP contribution is 2.48. The number of nitrogens with zero attached hydrogens (tertiary/aromatic N) is 2. The zero-order valence-electron chi connectivity index (χ0n) is 27.1. The highest BCUT2D eigenvalue weighted by atomic mass is 32.1. The fourth-order valence-electron chi connectivity index (χ4n) is 5.33. The lowest BCUT2D eigenvalue weighted by Gasteiger charge is -2.24. The number of amides is 1. The van der Waals surface area contributed by atoms with Crippen LogP contribution in [-0.2, 0) is 20.9 Å². The second-order valence-electron chi connectivity index (χ2n) is 10.7. The van der Waals surface area contributed by atoms with E-state index in [0.717, 1.165) is 21.8 Å². The number of methoxy groups -OCH3 is 3. The molecular weight excluding hydrogens is 636 g/mol. The number of ketones is 1. The number of aryl methyl sites for hydroxylation is 2. The lowest BCUT2D eigenvalue weighted by atomic mass is 9.94. The topological polar surface area (TPSA) is 134 Å². The molecule has 1 fully saturated rings.